The average molecular weight is 185 g/mol. The van der Waals surface area contributed by atoms with Crippen LogP contribution in [0.2, 0.25) is 0 Å². The Morgan fingerprint density at radius 3 is 2.15 bits per heavy atom. The van der Waals surface area contributed by atoms with E-state index in [1.807, 2.05) is 0 Å². The van der Waals surface area contributed by atoms with Crippen molar-refractivity contribution in [2.75, 3.05) is 0 Å². The number of fused-ring (bicyclic) bond motifs is 2. The first-order chi connectivity index (χ1) is 6.11. The summed E-state index contributed by atoms with van der Waals surface area (Å²) >= 11 is 0. The van der Waals surface area contributed by atoms with Crippen LogP contribution in [-0.4, -0.2) is 29.2 Å². The summed E-state index contributed by atoms with van der Waals surface area (Å²) in [6.07, 6.45) is 0.914. The molecule has 0 aliphatic carbocycles. The molecule has 72 valence electrons. The molecule has 0 spiro atoms. The number of rotatable bonds is 2. The molecule has 0 radical (unpaired) electrons. The lowest BCUT2D eigenvalue weighted by Gasteiger charge is -2.21. The van der Waals surface area contributed by atoms with Gasteiger partial charge in [0.15, 0.2) is 0 Å². The highest BCUT2D eigenvalue weighted by Crippen LogP contribution is 2.43. The molecule has 2 aliphatic rings. The van der Waals surface area contributed by atoms with Crippen LogP contribution in [0.15, 0.2) is 0 Å². The number of carboxylic acid groups (broad SMARTS) is 1. The Bertz CT molecular complexity index is 239. The van der Waals surface area contributed by atoms with Gasteiger partial charge in [-0.2, -0.15) is 0 Å². The molecule has 5 nitrogen and oxygen atoms in total. The Labute approximate surface area is 74.9 Å². The lowest BCUT2D eigenvalue weighted by molar-refractivity contribution is -0.147. The lowest BCUT2D eigenvalue weighted by atomic mass is 9.79. The zero-order valence-electron chi connectivity index (χ0n) is 6.97. The fourth-order valence-corrected chi connectivity index (χ4v) is 2.35. The summed E-state index contributed by atoms with van der Waals surface area (Å²) in [4.78, 5) is 21.8. The largest absolute Gasteiger partial charge is 0.481 e. The van der Waals surface area contributed by atoms with Gasteiger partial charge in [-0.05, 0) is 12.8 Å². The molecule has 2 unspecified atom stereocenters. The van der Waals surface area contributed by atoms with Crippen molar-refractivity contribution in [1.29, 1.82) is 0 Å². The highest BCUT2D eigenvalue weighted by atomic mass is 16.5. The fraction of sp³-hybridized carbons (Fsp3) is 0.750. The summed E-state index contributed by atoms with van der Waals surface area (Å²) < 4.78 is 5.34. The Balaban J connectivity index is 2.24. The van der Waals surface area contributed by atoms with Crippen molar-refractivity contribution >= 4 is 11.9 Å². The number of amides is 1. The monoisotopic (exact) mass is 185 g/mol. The van der Waals surface area contributed by atoms with Crippen LogP contribution >= 0.6 is 0 Å². The summed E-state index contributed by atoms with van der Waals surface area (Å²) in [5.41, 5.74) is 5.13. The highest BCUT2D eigenvalue weighted by molar-refractivity contribution is 5.85. The van der Waals surface area contributed by atoms with E-state index in [2.05, 4.69) is 0 Å². The Kier molecular flexibility index (Phi) is 1.76. The van der Waals surface area contributed by atoms with Gasteiger partial charge in [0.25, 0.3) is 0 Å². The average Bonchev–Trinajstić information content (AvgIpc) is 2.60. The fourth-order valence-electron chi connectivity index (χ4n) is 2.35. The van der Waals surface area contributed by atoms with Gasteiger partial charge in [-0.25, -0.2) is 0 Å². The Hall–Kier alpha value is -1.10. The maximum Gasteiger partial charge on any atom is 0.310 e. The van der Waals surface area contributed by atoms with Crippen molar-refractivity contribution in [2.24, 2.45) is 17.6 Å². The smallest absolute Gasteiger partial charge is 0.310 e. The third kappa shape index (κ3) is 1.11. The zero-order valence-corrected chi connectivity index (χ0v) is 6.97. The topological polar surface area (TPSA) is 89.6 Å². The van der Waals surface area contributed by atoms with Crippen LogP contribution in [0.25, 0.3) is 0 Å². The maximum absolute atomic E-state index is 11.0. The first-order valence-corrected chi connectivity index (χ1v) is 4.29. The van der Waals surface area contributed by atoms with E-state index in [1.54, 1.807) is 0 Å². The number of hydrogen-bond acceptors (Lipinski definition) is 3. The molecule has 4 atom stereocenters. The number of ether oxygens (including phenoxy) is 1. The molecule has 1 amide bonds. The molecule has 0 aromatic heterocycles. The van der Waals surface area contributed by atoms with Gasteiger partial charge in [0.05, 0.1) is 24.0 Å². The van der Waals surface area contributed by atoms with Crippen LogP contribution in [0.1, 0.15) is 12.8 Å². The number of carbonyl (C=O) groups excluding carboxylic acids is 1. The van der Waals surface area contributed by atoms with Crippen LogP contribution in [0.3, 0.4) is 0 Å². The van der Waals surface area contributed by atoms with Crippen molar-refractivity contribution in [1.82, 2.24) is 0 Å². The summed E-state index contributed by atoms with van der Waals surface area (Å²) in [5.74, 6) is -2.89. The van der Waals surface area contributed by atoms with Crippen LogP contribution in [0, 0.1) is 11.8 Å². The predicted octanol–water partition coefficient (Wildman–Crippen LogP) is -0.650. The number of carbonyl (C=O) groups is 2. The number of aliphatic carboxylic acids is 1. The van der Waals surface area contributed by atoms with Gasteiger partial charge in [0, 0.05) is 0 Å². The normalized spacial score (nSPS) is 42.2. The van der Waals surface area contributed by atoms with E-state index in [0.717, 1.165) is 12.8 Å². The second kappa shape index (κ2) is 2.70. The van der Waals surface area contributed by atoms with E-state index in [-0.39, 0.29) is 12.2 Å². The number of nitrogens with two attached hydrogens (primary N) is 1. The third-order valence-electron chi connectivity index (χ3n) is 2.89. The molecule has 0 saturated carbocycles. The van der Waals surface area contributed by atoms with Gasteiger partial charge in [-0.3, -0.25) is 9.59 Å². The molecule has 13 heavy (non-hydrogen) atoms. The van der Waals surface area contributed by atoms with Crippen LogP contribution in [-0.2, 0) is 14.3 Å². The first kappa shape index (κ1) is 8.50. The summed E-state index contributed by atoms with van der Waals surface area (Å²) in [5, 5.41) is 8.87. The predicted molar refractivity (Wildman–Crippen MR) is 41.7 cm³/mol. The minimum Gasteiger partial charge on any atom is -0.481 e. The van der Waals surface area contributed by atoms with E-state index in [0.29, 0.717) is 0 Å². The number of carboxylic acids is 1. The van der Waals surface area contributed by atoms with Crippen molar-refractivity contribution in [3.8, 4) is 0 Å². The van der Waals surface area contributed by atoms with E-state index < -0.39 is 23.7 Å². The third-order valence-corrected chi connectivity index (χ3v) is 2.89. The minimum atomic E-state index is -0.976. The van der Waals surface area contributed by atoms with Gasteiger partial charge in [0.2, 0.25) is 5.91 Å². The molecular formula is C8H11NO4. The van der Waals surface area contributed by atoms with Crippen LogP contribution in [0.5, 0.6) is 0 Å². The second-order valence-corrected chi connectivity index (χ2v) is 3.58. The first-order valence-electron chi connectivity index (χ1n) is 4.29. The molecule has 2 saturated heterocycles. The van der Waals surface area contributed by atoms with Gasteiger partial charge in [0.1, 0.15) is 0 Å². The molecule has 2 fully saturated rings. The quantitative estimate of drug-likeness (QED) is 0.598. The second-order valence-electron chi connectivity index (χ2n) is 3.58. The molecule has 3 N–H and O–H groups in total. The molecular weight excluding hydrogens is 174 g/mol. The lowest BCUT2D eigenvalue weighted by Crippen LogP contribution is -2.41. The van der Waals surface area contributed by atoms with Gasteiger partial charge in [-0.15, -0.1) is 0 Å². The van der Waals surface area contributed by atoms with Crippen molar-refractivity contribution < 1.29 is 19.4 Å². The molecule has 2 rings (SSSR count). The number of hydrogen-bond donors (Lipinski definition) is 2. The highest BCUT2D eigenvalue weighted by Gasteiger charge is 2.54. The van der Waals surface area contributed by atoms with E-state index in [4.69, 9.17) is 15.6 Å². The number of primary amides is 1. The molecule has 0 aromatic rings. The molecule has 2 bridgehead atoms. The Morgan fingerprint density at radius 2 is 1.77 bits per heavy atom. The molecule has 5 heteroatoms. The van der Waals surface area contributed by atoms with Crippen LogP contribution in [0.4, 0.5) is 0 Å². The van der Waals surface area contributed by atoms with E-state index >= 15 is 0 Å². The molecule has 0 aromatic carbocycles. The van der Waals surface area contributed by atoms with Crippen LogP contribution < -0.4 is 5.73 Å². The molecule has 2 aliphatic heterocycles. The van der Waals surface area contributed by atoms with Crippen molar-refractivity contribution in [3.05, 3.63) is 0 Å². The van der Waals surface area contributed by atoms with Crippen molar-refractivity contribution in [2.45, 2.75) is 25.0 Å². The summed E-state index contributed by atoms with van der Waals surface area (Å²) in [6, 6.07) is 0. The standard InChI is InChI=1S/C8H11NO4/c9-7(10)5-3-1-2-4(13-3)6(5)8(11)12/h3-6H,1-2H2,(H2,9,10)(H,11,12)/t3-,4+,5?,6?/m0/s1. The minimum absolute atomic E-state index is 0.261. The van der Waals surface area contributed by atoms with Gasteiger partial charge < -0.3 is 15.6 Å². The SMILES string of the molecule is NC(=O)C1C(C(=O)O)[C@H]2CC[C@@H]1O2. The maximum atomic E-state index is 11.0. The summed E-state index contributed by atoms with van der Waals surface area (Å²) in [6.45, 7) is 0. The molecule has 2 heterocycles. The van der Waals surface area contributed by atoms with E-state index in [9.17, 15) is 9.59 Å². The van der Waals surface area contributed by atoms with Gasteiger partial charge in [-0.1, -0.05) is 0 Å². The van der Waals surface area contributed by atoms with Gasteiger partial charge >= 0.3 is 5.97 Å². The summed E-state index contributed by atoms with van der Waals surface area (Å²) in [7, 11) is 0. The van der Waals surface area contributed by atoms with Crippen molar-refractivity contribution in [3.63, 3.8) is 0 Å². The zero-order chi connectivity index (χ0) is 9.59. The Morgan fingerprint density at radius 1 is 1.23 bits per heavy atom. The van der Waals surface area contributed by atoms with E-state index in [1.165, 1.54) is 0 Å².